The zero-order valence-corrected chi connectivity index (χ0v) is 9.27. The van der Waals surface area contributed by atoms with Gasteiger partial charge in [0.2, 0.25) is 0 Å². The summed E-state index contributed by atoms with van der Waals surface area (Å²) in [5, 5.41) is 9.84. The van der Waals surface area contributed by atoms with Gasteiger partial charge in [-0.1, -0.05) is 0 Å². The van der Waals surface area contributed by atoms with E-state index < -0.39 is 17.7 Å². The molecular weight excluding hydrogens is 226 g/mol. The number of halogens is 2. The summed E-state index contributed by atoms with van der Waals surface area (Å²) in [6.45, 7) is 0. The van der Waals surface area contributed by atoms with E-state index in [1.54, 1.807) is 24.1 Å². The van der Waals surface area contributed by atoms with Crippen LogP contribution in [0.4, 0.5) is 8.78 Å². The van der Waals surface area contributed by atoms with Gasteiger partial charge in [0.05, 0.1) is 12.0 Å². The van der Waals surface area contributed by atoms with Crippen LogP contribution in [0.3, 0.4) is 0 Å². The average Bonchev–Trinajstić information content (AvgIpc) is 2.70. The van der Waals surface area contributed by atoms with E-state index in [9.17, 15) is 13.9 Å². The number of rotatable bonds is 3. The van der Waals surface area contributed by atoms with E-state index in [1.807, 2.05) is 0 Å². The van der Waals surface area contributed by atoms with Gasteiger partial charge in [0.25, 0.3) is 0 Å². The summed E-state index contributed by atoms with van der Waals surface area (Å²) in [6.07, 6.45) is 2.25. The molecule has 0 amide bonds. The molecular formula is C12H12F2N2O. The van der Waals surface area contributed by atoms with Crippen LogP contribution in [0.15, 0.2) is 30.7 Å². The van der Waals surface area contributed by atoms with Crippen LogP contribution in [-0.4, -0.2) is 14.7 Å². The highest BCUT2D eigenvalue weighted by atomic mass is 19.1. The molecule has 3 nitrogen and oxygen atoms in total. The van der Waals surface area contributed by atoms with Crippen molar-refractivity contribution in [2.75, 3.05) is 0 Å². The standard InChI is InChI=1S/C12H12F2N2O/c1-16-6-11(15-7-16)12(17)5-8-4-9(13)2-3-10(8)14/h2-4,6-7,12,17H,5H2,1H3. The van der Waals surface area contributed by atoms with E-state index in [4.69, 9.17) is 0 Å². The summed E-state index contributed by atoms with van der Waals surface area (Å²) < 4.78 is 28.0. The lowest BCUT2D eigenvalue weighted by Gasteiger charge is -2.08. The largest absolute Gasteiger partial charge is 0.386 e. The molecule has 1 heterocycles. The number of hydrogen-bond donors (Lipinski definition) is 1. The summed E-state index contributed by atoms with van der Waals surface area (Å²) in [5.74, 6) is -1.05. The molecule has 90 valence electrons. The first-order valence-electron chi connectivity index (χ1n) is 5.16. The molecule has 2 rings (SSSR count). The van der Waals surface area contributed by atoms with Crippen LogP contribution in [0.25, 0.3) is 0 Å². The van der Waals surface area contributed by atoms with E-state index >= 15 is 0 Å². The van der Waals surface area contributed by atoms with Crippen LogP contribution in [0, 0.1) is 11.6 Å². The van der Waals surface area contributed by atoms with Crippen molar-refractivity contribution in [3.05, 3.63) is 53.6 Å². The molecule has 0 aliphatic carbocycles. The molecule has 0 fully saturated rings. The Morgan fingerprint density at radius 2 is 2.18 bits per heavy atom. The lowest BCUT2D eigenvalue weighted by molar-refractivity contribution is 0.172. The zero-order valence-electron chi connectivity index (χ0n) is 9.27. The van der Waals surface area contributed by atoms with Gasteiger partial charge < -0.3 is 9.67 Å². The van der Waals surface area contributed by atoms with E-state index in [2.05, 4.69) is 4.98 Å². The Morgan fingerprint density at radius 3 is 2.82 bits per heavy atom. The molecule has 1 aromatic heterocycles. The maximum Gasteiger partial charge on any atom is 0.126 e. The normalized spacial score (nSPS) is 12.7. The molecule has 1 unspecified atom stereocenters. The first-order valence-corrected chi connectivity index (χ1v) is 5.16. The van der Waals surface area contributed by atoms with Crippen LogP contribution in [0.2, 0.25) is 0 Å². The number of hydrogen-bond acceptors (Lipinski definition) is 2. The van der Waals surface area contributed by atoms with Gasteiger partial charge >= 0.3 is 0 Å². The minimum absolute atomic E-state index is 0.000602. The van der Waals surface area contributed by atoms with Crippen molar-refractivity contribution < 1.29 is 13.9 Å². The number of aryl methyl sites for hydroxylation is 1. The highest BCUT2D eigenvalue weighted by Crippen LogP contribution is 2.19. The van der Waals surface area contributed by atoms with E-state index in [0.717, 1.165) is 18.2 Å². The van der Waals surface area contributed by atoms with Crippen molar-refractivity contribution in [2.45, 2.75) is 12.5 Å². The monoisotopic (exact) mass is 238 g/mol. The van der Waals surface area contributed by atoms with Crippen LogP contribution < -0.4 is 0 Å². The van der Waals surface area contributed by atoms with Crippen molar-refractivity contribution in [2.24, 2.45) is 7.05 Å². The van der Waals surface area contributed by atoms with Gasteiger partial charge in [0, 0.05) is 19.7 Å². The minimum Gasteiger partial charge on any atom is -0.386 e. The molecule has 0 bridgehead atoms. The van der Waals surface area contributed by atoms with Gasteiger partial charge in [-0.3, -0.25) is 0 Å². The van der Waals surface area contributed by atoms with Crippen LogP contribution in [-0.2, 0) is 13.5 Å². The maximum atomic E-state index is 13.3. The summed E-state index contributed by atoms with van der Waals surface area (Å²) in [6, 6.07) is 3.18. The molecule has 0 saturated heterocycles. The number of imidazole rings is 1. The van der Waals surface area contributed by atoms with Gasteiger partial charge in [-0.05, 0) is 23.8 Å². The van der Waals surface area contributed by atoms with Crippen molar-refractivity contribution in [3.8, 4) is 0 Å². The van der Waals surface area contributed by atoms with Crippen molar-refractivity contribution in [1.82, 2.24) is 9.55 Å². The quantitative estimate of drug-likeness (QED) is 0.887. The van der Waals surface area contributed by atoms with Gasteiger partial charge in [0.15, 0.2) is 0 Å². The highest BCUT2D eigenvalue weighted by molar-refractivity contribution is 5.20. The first-order chi connectivity index (χ1) is 8.06. The third kappa shape index (κ3) is 2.68. The molecule has 0 aliphatic rings. The Kier molecular flexibility index (Phi) is 3.19. The highest BCUT2D eigenvalue weighted by Gasteiger charge is 2.14. The summed E-state index contributed by atoms with van der Waals surface area (Å²) in [4.78, 5) is 3.96. The summed E-state index contributed by atoms with van der Waals surface area (Å²) >= 11 is 0. The van der Waals surface area contributed by atoms with Gasteiger partial charge in [-0.2, -0.15) is 0 Å². The second-order valence-electron chi connectivity index (χ2n) is 3.92. The molecule has 1 atom stereocenters. The molecule has 0 spiro atoms. The number of aliphatic hydroxyl groups excluding tert-OH is 1. The van der Waals surface area contributed by atoms with Gasteiger partial charge in [-0.15, -0.1) is 0 Å². The number of benzene rings is 1. The van der Waals surface area contributed by atoms with E-state index in [0.29, 0.717) is 5.69 Å². The predicted octanol–water partition coefficient (Wildman–Crippen LogP) is 1.97. The van der Waals surface area contributed by atoms with Crippen molar-refractivity contribution in [3.63, 3.8) is 0 Å². The average molecular weight is 238 g/mol. The number of nitrogens with zero attached hydrogens (tertiary/aromatic N) is 2. The molecule has 0 saturated carbocycles. The molecule has 17 heavy (non-hydrogen) atoms. The topological polar surface area (TPSA) is 38.0 Å². The summed E-state index contributed by atoms with van der Waals surface area (Å²) in [5.41, 5.74) is 0.583. The van der Waals surface area contributed by atoms with Crippen LogP contribution in [0.5, 0.6) is 0 Å². The van der Waals surface area contributed by atoms with Gasteiger partial charge in [-0.25, -0.2) is 13.8 Å². The third-order valence-electron chi connectivity index (χ3n) is 2.49. The Hall–Kier alpha value is -1.75. The molecule has 1 N–H and O–H groups in total. The molecule has 2 aromatic rings. The van der Waals surface area contributed by atoms with E-state index in [1.165, 1.54) is 0 Å². The Balaban J connectivity index is 2.18. The first kappa shape index (κ1) is 11.7. The fourth-order valence-corrected chi connectivity index (χ4v) is 1.62. The molecule has 5 heteroatoms. The SMILES string of the molecule is Cn1cnc(C(O)Cc2cc(F)ccc2F)c1. The second-order valence-corrected chi connectivity index (χ2v) is 3.92. The second kappa shape index (κ2) is 4.63. The smallest absolute Gasteiger partial charge is 0.126 e. The zero-order chi connectivity index (χ0) is 12.4. The van der Waals surface area contributed by atoms with Crippen LogP contribution >= 0.6 is 0 Å². The fraction of sp³-hybridized carbons (Fsp3) is 0.250. The Labute approximate surface area is 97.3 Å². The van der Waals surface area contributed by atoms with Crippen LogP contribution in [0.1, 0.15) is 17.4 Å². The lowest BCUT2D eigenvalue weighted by atomic mass is 10.1. The Bertz CT molecular complexity index is 525. The molecule has 0 radical (unpaired) electrons. The van der Waals surface area contributed by atoms with E-state index in [-0.39, 0.29) is 12.0 Å². The number of aliphatic hydroxyl groups is 1. The minimum atomic E-state index is -0.938. The lowest BCUT2D eigenvalue weighted by Crippen LogP contribution is -2.04. The predicted molar refractivity (Wildman–Crippen MR) is 58.2 cm³/mol. The molecule has 1 aromatic carbocycles. The Morgan fingerprint density at radius 1 is 1.41 bits per heavy atom. The summed E-state index contributed by atoms with van der Waals surface area (Å²) in [7, 11) is 1.77. The third-order valence-corrected chi connectivity index (χ3v) is 2.49. The van der Waals surface area contributed by atoms with Crippen molar-refractivity contribution in [1.29, 1.82) is 0 Å². The van der Waals surface area contributed by atoms with Gasteiger partial charge in [0.1, 0.15) is 17.7 Å². The molecule has 0 aliphatic heterocycles. The maximum absolute atomic E-state index is 13.3. The fourth-order valence-electron chi connectivity index (χ4n) is 1.62. The van der Waals surface area contributed by atoms with Crippen molar-refractivity contribution >= 4 is 0 Å². The number of aromatic nitrogens is 2.